The largest absolute Gasteiger partial charge is 0.384 e. The molecule has 0 spiro atoms. The van der Waals surface area contributed by atoms with Gasteiger partial charge in [-0.1, -0.05) is 6.07 Å². The van der Waals surface area contributed by atoms with E-state index in [1.54, 1.807) is 0 Å². The van der Waals surface area contributed by atoms with Gasteiger partial charge in [0.25, 0.3) is 0 Å². The number of nitrogens with two attached hydrogens (primary N) is 1. The summed E-state index contributed by atoms with van der Waals surface area (Å²) >= 11 is 0. The molecule has 0 unspecified atom stereocenters. The first-order chi connectivity index (χ1) is 11.3. The smallest absolute Gasteiger partial charge is 0.137 e. The number of pyridine rings is 2. The van der Waals surface area contributed by atoms with Crippen molar-refractivity contribution >= 4 is 22.5 Å². The van der Waals surface area contributed by atoms with Crippen LogP contribution in [0.3, 0.4) is 0 Å². The minimum atomic E-state index is 0.545. The first-order valence-electron chi connectivity index (χ1n) is 7.79. The molecule has 1 aliphatic heterocycles. The fourth-order valence-electron chi connectivity index (χ4n) is 2.95. The van der Waals surface area contributed by atoms with Crippen molar-refractivity contribution in [3.8, 4) is 0 Å². The zero-order chi connectivity index (χ0) is 15.6. The van der Waals surface area contributed by atoms with Gasteiger partial charge in [-0.15, -0.1) is 0 Å². The van der Waals surface area contributed by atoms with E-state index in [4.69, 9.17) is 10.5 Å². The van der Waals surface area contributed by atoms with Crippen molar-refractivity contribution in [2.75, 3.05) is 36.9 Å². The van der Waals surface area contributed by atoms with E-state index in [0.717, 1.165) is 55.0 Å². The molecule has 1 saturated heterocycles. The molecule has 3 aromatic rings. The van der Waals surface area contributed by atoms with Gasteiger partial charge >= 0.3 is 0 Å². The van der Waals surface area contributed by atoms with Crippen LogP contribution >= 0.6 is 0 Å². The van der Waals surface area contributed by atoms with Gasteiger partial charge in [0, 0.05) is 37.3 Å². The molecule has 3 N–H and O–H groups in total. The summed E-state index contributed by atoms with van der Waals surface area (Å²) in [6, 6.07) is 6.06. The van der Waals surface area contributed by atoms with E-state index in [1.807, 2.05) is 30.7 Å². The number of ether oxygens (including phenoxy) is 1. The molecule has 0 radical (unpaired) electrons. The molecule has 23 heavy (non-hydrogen) atoms. The lowest BCUT2D eigenvalue weighted by atomic mass is 10.1. The van der Waals surface area contributed by atoms with E-state index in [1.165, 1.54) is 5.56 Å². The van der Waals surface area contributed by atoms with Crippen molar-refractivity contribution in [2.24, 2.45) is 0 Å². The summed E-state index contributed by atoms with van der Waals surface area (Å²) in [4.78, 5) is 14.3. The third-order valence-corrected chi connectivity index (χ3v) is 4.22. The molecule has 0 amide bonds. The monoisotopic (exact) mass is 309 g/mol. The van der Waals surface area contributed by atoms with Gasteiger partial charge in [-0.3, -0.25) is 0 Å². The number of nitrogens with zero attached hydrogens (tertiary/aromatic N) is 3. The van der Waals surface area contributed by atoms with Gasteiger partial charge in [0.15, 0.2) is 0 Å². The first-order valence-corrected chi connectivity index (χ1v) is 7.79. The van der Waals surface area contributed by atoms with Crippen LogP contribution in [0.4, 0.5) is 11.5 Å². The van der Waals surface area contributed by atoms with E-state index in [-0.39, 0.29) is 0 Å². The van der Waals surface area contributed by atoms with Crippen molar-refractivity contribution in [1.29, 1.82) is 0 Å². The van der Waals surface area contributed by atoms with Gasteiger partial charge in [0.05, 0.1) is 25.1 Å². The van der Waals surface area contributed by atoms with Crippen LogP contribution in [0.2, 0.25) is 0 Å². The van der Waals surface area contributed by atoms with Gasteiger partial charge in [0.2, 0.25) is 0 Å². The normalized spacial score (nSPS) is 15.2. The third kappa shape index (κ3) is 2.85. The van der Waals surface area contributed by atoms with E-state index in [0.29, 0.717) is 5.82 Å². The van der Waals surface area contributed by atoms with Gasteiger partial charge < -0.3 is 20.4 Å². The van der Waals surface area contributed by atoms with Crippen molar-refractivity contribution in [3.63, 3.8) is 0 Å². The highest BCUT2D eigenvalue weighted by atomic mass is 16.5. The Balaban J connectivity index is 1.65. The number of hydrogen-bond acceptors (Lipinski definition) is 5. The summed E-state index contributed by atoms with van der Waals surface area (Å²) in [5, 5.41) is 1.16. The SMILES string of the molecule is Nc1ccc(Cc2c[nH]c3ncc(N4CCOCC4)cc23)cn1. The average Bonchev–Trinajstić information content (AvgIpc) is 3.00. The van der Waals surface area contributed by atoms with Crippen LogP contribution in [0.5, 0.6) is 0 Å². The second-order valence-corrected chi connectivity index (χ2v) is 5.77. The lowest BCUT2D eigenvalue weighted by Gasteiger charge is -2.28. The number of anilines is 2. The van der Waals surface area contributed by atoms with Crippen molar-refractivity contribution in [1.82, 2.24) is 15.0 Å². The molecule has 0 aliphatic carbocycles. The maximum Gasteiger partial charge on any atom is 0.137 e. The molecule has 1 aliphatic rings. The van der Waals surface area contributed by atoms with E-state index >= 15 is 0 Å². The van der Waals surface area contributed by atoms with Crippen molar-refractivity contribution < 1.29 is 4.74 Å². The fraction of sp³-hybridized carbons (Fsp3) is 0.294. The van der Waals surface area contributed by atoms with Gasteiger partial charge in [-0.05, 0) is 23.3 Å². The minimum Gasteiger partial charge on any atom is -0.384 e. The number of rotatable bonds is 3. The molecule has 6 nitrogen and oxygen atoms in total. The van der Waals surface area contributed by atoms with Crippen LogP contribution in [0.25, 0.3) is 11.0 Å². The second kappa shape index (κ2) is 5.89. The van der Waals surface area contributed by atoms with Gasteiger partial charge in [0.1, 0.15) is 11.5 Å². The molecule has 6 heteroatoms. The Morgan fingerprint density at radius 2 is 2.04 bits per heavy atom. The highest BCUT2D eigenvalue weighted by molar-refractivity contribution is 5.83. The number of aromatic amines is 1. The molecule has 118 valence electrons. The Bertz CT molecular complexity index is 805. The Morgan fingerprint density at radius 1 is 1.17 bits per heavy atom. The Morgan fingerprint density at radius 3 is 2.83 bits per heavy atom. The lowest BCUT2D eigenvalue weighted by molar-refractivity contribution is 0.122. The Labute approximate surface area is 134 Å². The molecule has 4 rings (SSSR count). The van der Waals surface area contributed by atoms with Gasteiger partial charge in [-0.2, -0.15) is 0 Å². The standard InChI is InChI=1S/C17H19N5O/c18-16-2-1-12(9-19-16)7-13-10-20-17-15(13)8-14(11-21-17)22-3-5-23-6-4-22/h1-2,8-11H,3-7H2,(H2,18,19)(H,20,21). The molecule has 3 aromatic heterocycles. The predicted octanol–water partition coefficient (Wildman–Crippen LogP) is 1.97. The fourth-order valence-corrected chi connectivity index (χ4v) is 2.95. The number of aromatic nitrogens is 3. The number of H-pyrrole nitrogens is 1. The molecule has 0 bridgehead atoms. The van der Waals surface area contributed by atoms with Crippen LogP contribution in [-0.2, 0) is 11.2 Å². The first kappa shape index (κ1) is 14.0. The van der Waals surface area contributed by atoms with Gasteiger partial charge in [-0.25, -0.2) is 9.97 Å². The van der Waals surface area contributed by atoms with Crippen LogP contribution in [0.1, 0.15) is 11.1 Å². The van der Waals surface area contributed by atoms with E-state index < -0.39 is 0 Å². The predicted molar refractivity (Wildman–Crippen MR) is 90.6 cm³/mol. The summed E-state index contributed by atoms with van der Waals surface area (Å²) in [5.41, 5.74) is 10.1. The highest BCUT2D eigenvalue weighted by Crippen LogP contribution is 2.25. The highest BCUT2D eigenvalue weighted by Gasteiger charge is 2.14. The van der Waals surface area contributed by atoms with E-state index in [9.17, 15) is 0 Å². The van der Waals surface area contributed by atoms with Crippen LogP contribution in [0, 0.1) is 0 Å². The topological polar surface area (TPSA) is 80.1 Å². The zero-order valence-corrected chi connectivity index (χ0v) is 12.8. The molecule has 0 aromatic carbocycles. The van der Waals surface area contributed by atoms with E-state index in [2.05, 4.69) is 25.9 Å². The Kier molecular flexibility index (Phi) is 3.59. The number of nitrogen functional groups attached to an aromatic ring is 1. The molecular formula is C17H19N5O. The minimum absolute atomic E-state index is 0.545. The molecule has 0 saturated carbocycles. The molecule has 4 heterocycles. The number of morpholine rings is 1. The zero-order valence-electron chi connectivity index (χ0n) is 12.8. The number of fused-ring (bicyclic) bond motifs is 1. The number of nitrogens with one attached hydrogen (secondary N) is 1. The average molecular weight is 309 g/mol. The third-order valence-electron chi connectivity index (χ3n) is 4.22. The summed E-state index contributed by atoms with van der Waals surface area (Å²) < 4.78 is 5.42. The quantitative estimate of drug-likeness (QED) is 0.773. The van der Waals surface area contributed by atoms with Crippen LogP contribution < -0.4 is 10.6 Å². The van der Waals surface area contributed by atoms with Crippen molar-refractivity contribution in [3.05, 3.63) is 47.9 Å². The lowest BCUT2D eigenvalue weighted by Crippen LogP contribution is -2.36. The molecule has 0 atom stereocenters. The molecule has 1 fully saturated rings. The van der Waals surface area contributed by atoms with Crippen molar-refractivity contribution in [2.45, 2.75) is 6.42 Å². The Hall–Kier alpha value is -2.60. The summed E-state index contributed by atoms with van der Waals surface area (Å²) in [6.07, 6.45) is 6.59. The summed E-state index contributed by atoms with van der Waals surface area (Å²) in [7, 11) is 0. The molecular weight excluding hydrogens is 290 g/mol. The second-order valence-electron chi connectivity index (χ2n) is 5.77. The maximum atomic E-state index is 5.65. The summed E-state index contributed by atoms with van der Waals surface area (Å²) in [5.74, 6) is 0.545. The van der Waals surface area contributed by atoms with Crippen LogP contribution in [-0.4, -0.2) is 41.3 Å². The number of hydrogen-bond donors (Lipinski definition) is 2. The maximum absolute atomic E-state index is 5.65. The summed E-state index contributed by atoms with van der Waals surface area (Å²) in [6.45, 7) is 3.37. The van der Waals surface area contributed by atoms with Crippen LogP contribution in [0.15, 0.2) is 36.8 Å².